The Morgan fingerprint density at radius 2 is 2.22 bits per heavy atom. The summed E-state index contributed by atoms with van der Waals surface area (Å²) in [5.41, 5.74) is 0.526. The molecule has 0 aromatic rings. The van der Waals surface area contributed by atoms with E-state index in [4.69, 9.17) is 4.74 Å². The van der Waals surface area contributed by atoms with Gasteiger partial charge in [0.05, 0.1) is 5.60 Å². The third-order valence-electron chi connectivity index (χ3n) is 5.13. The summed E-state index contributed by atoms with van der Waals surface area (Å²) in [6.07, 6.45) is 10.3. The fourth-order valence-electron chi connectivity index (χ4n) is 4.31. The van der Waals surface area contributed by atoms with Crippen molar-refractivity contribution in [1.82, 2.24) is 0 Å². The Balaban J connectivity index is 1.92. The monoisotopic (exact) mass is 244 g/mol. The van der Waals surface area contributed by atoms with Crippen LogP contribution >= 0.6 is 0 Å². The van der Waals surface area contributed by atoms with Crippen molar-refractivity contribution in [3.05, 3.63) is 23.3 Å². The number of Topliss-reactive ketones (excluding diaryl/α,β-unsaturated/α-hetero) is 1. The molecule has 0 saturated heterocycles. The number of allylic oxidation sites excluding steroid dienone is 1. The van der Waals surface area contributed by atoms with Gasteiger partial charge in [0.15, 0.2) is 17.7 Å². The van der Waals surface area contributed by atoms with Crippen molar-refractivity contribution in [2.24, 2.45) is 5.92 Å². The average molecular weight is 244 g/mol. The standard InChI is InChI=1S/C15H16O3/c16-9-15-7-6-14(18-15)5-1-2-11(14)8-10-3-4-12(17)13(10)15/h6-7,9,11H,1-5,8H2/t11?,14-,15-/m0/s1. The highest BCUT2D eigenvalue weighted by Gasteiger charge is 2.57. The molecule has 1 unspecified atom stereocenters. The van der Waals surface area contributed by atoms with Gasteiger partial charge in [-0.05, 0) is 44.1 Å². The Hall–Kier alpha value is -1.22. The first-order valence-corrected chi connectivity index (χ1v) is 6.82. The zero-order chi connectivity index (χ0) is 12.4. The number of rotatable bonds is 1. The molecule has 4 rings (SSSR count). The van der Waals surface area contributed by atoms with Crippen molar-refractivity contribution in [3.8, 4) is 0 Å². The normalized spacial score (nSPS) is 45.1. The van der Waals surface area contributed by atoms with Crippen LogP contribution < -0.4 is 0 Å². The first kappa shape index (κ1) is 10.7. The number of hydrogen-bond acceptors (Lipinski definition) is 3. The number of carbonyl (C=O) groups is 2. The molecule has 2 aliphatic heterocycles. The second kappa shape index (κ2) is 3.21. The predicted molar refractivity (Wildman–Crippen MR) is 65.0 cm³/mol. The number of carbonyl (C=O) groups excluding carboxylic acids is 2. The molecule has 94 valence electrons. The molecule has 1 saturated carbocycles. The molecule has 0 aromatic carbocycles. The first-order valence-electron chi connectivity index (χ1n) is 6.82. The molecule has 1 fully saturated rings. The molecule has 2 aliphatic carbocycles. The second-order valence-electron chi connectivity index (χ2n) is 6.00. The maximum Gasteiger partial charge on any atom is 0.171 e. The molecule has 18 heavy (non-hydrogen) atoms. The van der Waals surface area contributed by atoms with E-state index in [0.29, 0.717) is 17.9 Å². The third kappa shape index (κ3) is 1.09. The smallest absolute Gasteiger partial charge is 0.171 e. The van der Waals surface area contributed by atoms with Gasteiger partial charge in [0, 0.05) is 12.0 Å². The van der Waals surface area contributed by atoms with Crippen molar-refractivity contribution < 1.29 is 14.3 Å². The molecule has 2 bridgehead atoms. The summed E-state index contributed by atoms with van der Waals surface area (Å²) >= 11 is 0. The number of hydrogen-bond donors (Lipinski definition) is 0. The quantitative estimate of drug-likeness (QED) is 0.524. The van der Waals surface area contributed by atoms with Gasteiger partial charge in [-0.1, -0.05) is 11.6 Å². The van der Waals surface area contributed by atoms with E-state index < -0.39 is 5.60 Å². The van der Waals surface area contributed by atoms with Crippen LogP contribution in [-0.2, 0) is 14.3 Å². The molecule has 0 radical (unpaired) electrons. The van der Waals surface area contributed by atoms with Crippen LogP contribution in [0.5, 0.6) is 0 Å². The van der Waals surface area contributed by atoms with Crippen LogP contribution in [0.25, 0.3) is 0 Å². The molecule has 1 spiro atoms. The minimum absolute atomic E-state index is 0.110. The topological polar surface area (TPSA) is 43.4 Å². The maximum absolute atomic E-state index is 12.1. The summed E-state index contributed by atoms with van der Waals surface area (Å²) < 4.78 is 6.20. The van der Waals surface area contributed by atoms with Crippen molar-refractivity contribution in [3.63, 3.8) is 0 Å². The molecule has 3 atom stereocenters. The van der Waals surface area contributed by atoms with Crippen LogP contribution in [0.15, 0.2) is 23.3 Å². The van der Waals surface area contributed by atoms with Crippen molar-refractivity contribution in [2.45, 2.75) is 49.7 Å². The maximum atomic E-state index is 12.1. The van der Waals surface area contributed by atoms with E-state index in [1.54, 1.807) is 0 Å². The molecule has 2 heterocycles. The summed E-state index contributed by atoms with van der Waals surface area (Å²) in [4.78, 5) is 23.7. The van der Waals surface area contributed by atoms with Crippen LogP contribution in [-0.4, -0.2) is 23.3 Å². The van der Waals surface area contributed by atoms with E-state index >= 15 is 0 Å². The van der Waals surface area contributed by atoms with Gasteiger partial charge in [0.25, 0.3) is 0 Å². The van der Waals surface area contributed by atoms with E-state index in [2.05, 4.69) is 6.08 Å². The van der Waals surface area contributed by atoms with Crippen molar-refractivity contribution in [2.75, 3.05) is 0 Å². The highest BCUT2D eigenvalue weighted by atomic mass is 16.5. The van der Waals surface area contributed by atoms with Crippen LogP contribution in [0.2, 0.25) is 0 Å². The Labute approximate surface area is 106 Å². The minimum atomic E-state index is -1.05. The summed E-state index contributed by atoms with van der Waals surface area (Å²) in [5, 5.41) is 0. The van der Waals surface area contributed by atoms with Gasteiger partial charge < -0.3 is 4.74 Å². The highest BCUT2D eigenvalue weighted by Crippen LogP contribution is 2.55. The molecule has 4 aliphatic rings. The summed E-state index contributed by atoms with van der Waals surface area (Å²) in [6, 6.07) is 0. The second-order valence-corrected chi connectivity index (χ2v) is 6.00. The fraction of sp³-hybridized carbons (Fsp3) is 0.600. The molecular formula is C15H16O3. The van der Waals surface area contributed by atoms with Crippen LogP contribution in [0, 0.1) is 5.92 Å². The SMILES string of the molecule is O=C[C@@]12C=C[C@]3(CCCC3CC3=C1C(=O)CC3)O2. The summed E-state index contributed by atoms with van der Waals surface area (Å²) in [5.74, 6) is 0.563. The van der Waals surface area contributed by atoms with Crippen LogP contribution in [0.1, 0.15) is 38.5 Å². The summed E-state index contributed by atoms with van der Waals surface area (Å²) in [6.45, 7) is 0. The van der Waals surface area contributed by atoms with Crippen molar-refractivity contribution >= 4 is 12.1 Å². The van der Waals surface area contributed by atoms with E-state index in [1.807, 2.05) is 6.08 Å². The fourth-order valence-corrected chi connectivity index (χ4v) is 4.31. The molecule has 0 amide bonds. The molecule has 3 nitrogen and oxygen atoms in total. The Bertz CT molecular complexity index is 516. The molecule has 0 aromatic heterocycles. The van der Waals surface area contributed by atoms with E-state index in [-0.39, 0.29) is 11.4 Å². The Morgan fingerprint density at radius 1 is 1.33 bits per heavy atom. The number of ketones is 1. The zero-order valence-corrected chi connectivity index (χ0v) is 10.3. The van der Waals surface area contributed by atoms with Gasteiger partial charge in [-0.25, -0.2) is 0 Å². The lowest BCUT2D eigenvalue weighted by molar-refractivity contribution is -0.137. The molecule has 0 N–H and O–H groups in total. The molecular weight excluding hydrogens is 228 g/mol. The minimum Gasteiger partial charge on any atom is -0.348 e. The van der Waals surface area contributed by atoms with Crippen LogP contribution in [0.4, 0.5) is 0 Å². The van der Waals surface area contributed by atoms with E-state index in [0.717, 1.165) is 38.4 Å². The Kier molecular flexibility index (Phi) is 1.90. The average Bonchev–Trinajstić information content (AvgIpc) is 3.00. The number of fused-ring (bicyclic) bond motifs is 2. The predicted octanol–water partition coefficient (Wildman–Crippen LogP) is 2.11. The van der Waals surface area contributed by atoms with E-state index in [9.17, 15) is 9.59 Å². The third-order valence-corrected chi connectivity index (χ3v) is 5.13. The van der Waals surface area contributed by atoms with Gasteiger partial charge in [-0.2, -0.15) is 0 Å². The lowest BCUT2D eigenvalue weighted by Gasteiger charge is -2.32. The molecule has 3 heteroatoms. The highest BCUT2D eigenvalue weighted by molar-refractivity contribution is 6.05. The van der Waals surface area contributed by atoms with Crippen LogP contribution in [0.3, 0.4) is 0 Å². The van der Waals surface area contributed by atoms with Gasteiger partial charge >= 0.3 is 0 Å². The largest absolute Gasteiger partial charge is 0.348 e. The number of ether oxygens (including phenoxy) is 1. The lowest BCUT2D eigenvalue weighted by atomic mass is 9.82. The van der Waals surface area contributed by atoms with E-state index in [1.165, 1.54) is 5.57 Å². The summed E-state index contributed by atoms with van der Waals surface area (Å²) in [7, 11) is 0. The van der Waals surface area contributed by atoms with Crippen molar-refractivity contribution in [1.29, 1.82) is 0 Å². The lowest BCUT2D eigenvalue weighted by Crippen LogP contribution is -2.41. The first-order chi connectivity index (χ1) is 8.69. The number of aldehydes is 1. The van der Waals surface area contributed by atoms with Gasteiger partial charge in [0.2, 0.25) is 0 Å². The zero-order valence-electron chi connectivity index (χ0n) is 10.3. The Morgan fingerprint density at radius 3 is 3.06 bits per heavy atom. The van der Waals surface area contributed by atoms with Gasteiger partial charge in [-0.3, -0.25) is 9.59 Å². The van der Waals surface area contributed by atoms with Gasteiger partial charge in [-0.15, -0.1) is 0 Å². The van der Waals surface area contributed by atoms with Gasteiger partial charge in [0.1, 0.15) is 0 Å².